The van der Waals surface area contributed by atoms with Crippen molar-refractivity contribution in [2.45, 2.75) is 19.5 Å². The third kappa shape index (κ3) is 4.38. The number of hydrogen-bond acceptors (Lipinski definition) is 3. The summed E-state index contributed by atoms with van der Waals surface area (Å²) in [5, 5.41) is 13.3. The van der Waals surface area contributed by atoms with E-state index < -0.39 is 5.82 Å². The van der Waals surface area contributed by atoms with Gasteiger partial charge < -0.3 is 20.1 Å². The molecule has 0 bridgehead atoms. The summed E-state index contributed by atoms with van der Waals surface area (Å²) in [6.07, 6.45) is 0.890. The number of phenols is 1. The SMILES string of the molecule is COc1ccccc1CN=C(Nc1cc(F)ccc1O)N1CCc2ccccc2C1. The number of halogens is 1. The molecule has 0 aromatic heterocycles. The van der Waals surface area contributed by atoms with Gasteiger partial charge in [0.05, 0.1) is 19.3 Å². The standard InChI is InChI=1S/C24H24FN3O2/c1-30-23-9-5-4-7-18(23)15-26-24(27-21-14-20(25)10-11-22(21)29)28-13-12-17-6-2-3-8-19(17)16-28/h2-11,14,29H,12-13,15-16H2,1H3,(H,26,27). The van der Waals surface area contributed by atoms with Gasteiger partial charge in [-0.3, -0.25) is 0 Å². The fourth-order valence-electron chi connectivity index (χ4n) is 3.62. The zero-order valence-corrected chi connectivity index (χ0v) is 16.8. The Morgan fingerprint density at radius 1 is 1.10 bits per heavy atom. The lowest BCUT2D eigenvalue weighted by atomic mass is 10.0. The van der Waals surface area contributed by atoms with Gasteiger partial charge in [-0.25, -0.2) is 9.38 Å². The van der Waals surface area contributed by atoms with Gasteiger partial charge in [0.25, 0.3) is 0 Å². The molecule has 6 heteroatoms. The number of para-hydroxylation sites is 1. The number of aromatic hydroxyl groups is 1. The predicted octanol–water partition coefficient (Wildman–Crippen LogP) is 4.57. The van der Waals surface area contributed by atoms with Crippen molar-refractivity contribution in [3.8, 4) is 11.5 Å². The van der Waals surface area contributed by atoms with Crippen LogP contribution >= 0.6 is 0 Å². The van der Waals surface area contributed by atoms with Crippen molar-refractivity contribution < 1.29 is 14.2 Å². The van der Waals surface area contributed by atoms with Crippen LogP contribution in [0.2, 0.25) is 0 Å². The van der Waals surface area contributed by atoms with Crippen molar-refractivity contribution >= 4 is 11.6 Å². The largest absolute Gasteiger partial charge is 0.506 e. The first kappa shape index (κ1) is 19.8. The molecule has 2 N–H and O–H groups in total. The van der Waals surface area contributed by atoms with Gasteiger partial charge in [0, 0.05) is 24.7 Å². The summed E-state index contributed by atoms with van der Waals surface area (Å²) in [5.41, 5.74) is 3.79. The number of phenolic OH excluding ortho intramolecular Hbond substituents is 1. The first-order valence-electron chi connectivity index (χ1n) is 9.87. The molecule has 1 aliphatic rings. The Morgan fingerprint density at radius 3 is 2.70 bits per heavy atom. The highest BCUT2D eigenvalue weighted by Gasteiger charge is 2.20. The molecule has 0 unspecified atom stereocenters. The second-order valence-electron chi connectivity index (χ2n) is 7.18. The molecule has 0 radical (unpaired) electrons. The molecule has 30 heavy (non-hydrogen) atoms. The van der Waals surface area contributed by atoms with Crippen molar-refractivity contribution in [1.82, 2.24) is 4.90 Å². The highest BCUT2D eigenvalue weighted by molar-refractivity contribution is 5.95. The van der Waals surface area contributed by atoms with E-state index in [1.165, 1.54) is 29.3 Å². The van der Waals surface area contributed by atoms with E-state index in [1.807, 2.05) is 36.4 Å². The molecule has 0 saturated carbocycles. The van der Waals surface area contributed by atoms with Crippen LogP contribution in [0.4, 0.5) is 10.1 Å². The molecule has 3 aromatic rings. The van der Waals surface area contributed by atoms with Crippen LogP contribution in [-0.2, 0) is 19.5 Å². The molecule has 4 rings (SSSR count). The Bertz CT molecular complexity index is 1070. The number of benzene rings is 3. The molecule has 0 saturated heterocycles. The van der Waals surface area contributed by atoms with E-state index in [1.54, 1.807) is 7.11 Å². The van der Waals surface area contributed by atoms with Crippen LogP contribution in [0.1, 0.15) is 16.7 Å². The van der Waals surface area contributed by atoms with Crippen LogP contribution in [0.25, 0.3) is 0 Å². The Labute approximate surface area is 175 Å². The second kappa shape index (κ2) is 8.86. The normalized spacial score (nSPS) is 13.7. The number of nitrogens with one attached hydrogen (secondary N) is 1. The second-order valence-corrected chi connectivity index (χ2v) is 7.18. The van der Waals surface area contributed by atoms with E-state index in [0.717, 1.165) is 24.3 Å². The Balaban J connectivity index is 1.65. The molecule has 0 aliphatic carbocycles. The molecule has 0 amide bonds. The number of hydrogen-bond donors (Lipinski definition) is 2. The zero-order chi connectivity index (χ0) is 20.9. The van der Waals surface area contributed by atoms with E-state index in [2.05, 4.69) is 22.3 Å². The summed E-state index contributed by atoms with van der Waals surface area (Å²) in [4.78, 5) is 6.90. The summed E-state index contributed by atoms with van der Waals surface area (Å²) >= 11 is 0. The average Bonchev–Trinajstić information content (AvgIpc) is 2.78. The molecule has 3 aromatic carbocycles. The summed E-state index contributed by atoms with van der Waals surface area (Å²) in [6, 6.07) is 19.9. The fourth-order valence-corrected chi connectivity index (χ4v) is 3.62. The average molecular weight is 405 g/mol. The van der Waals surface area contributed by atoms with E-state index in [-0.39, 0.29) is 11.4 Å². The highest BCUT2D eigenvalue weighted by Crippen LogP contribution is 2.26. The number of guanidine groups is 1. The Morgan fingerprint density at radius 2 is 1.87 bits per heavy atom. The maximum absolute atomic E-state index is 13.8. The molecule has 154 valence electrons. The van der Waals surface area contributed by atoms with Crippen molar-refractivity contribution in [2.24, 2.45) is 4.99 Å². The molecule has 5 nitrogen and oxygen atoms in total. The van der Waals surface area contributed by atoms with Crippen molar-refractivity contribution in [3.63, 3.8) is 0 Å². The molecule has 0 spiro atoms. The third-order valence-electron chi connectivity index (χ3n) is 5.23. The minimum absolute atomic E-state index is 0.0289. The van der Waals surface area contributed by atoms with Gasteiger partial charge in [0.15, 0.2) is 5.96 Å². The molecular weight excluding hydrogens is 381 g/mol. The Hall–Kier alpha value is -3.54. The predicted molar refractivity (Wildman–Crippen MR) is 116 cm³/mol. The summed E-state index contributed by atoms with van der Waals surface area (Å²) < 4.78 is 19.2. The summed E-state index contributed by atoms with van der Waals surface area (Å²) in [6.45, 7) is 1.84. The first-order valence-corrected chi connectivity index (χ1v) is 9.87. The van der Waals surface area contributed by atoms with Crippen LogP contribution in [0, 0.1) is 5.82 Å². The lowest BCUT2D eigenvalue weighted by molar-refractivity contribution is 0.390. The van der Waals surface area contributed by atoms with E-state index >= 15 is 0 Å². The van der Waals surface area contributed by atoms with Crippen molar-refractivity contribution in [1.29, 1.82) is 0 Å². The number of fused-ring (bicyclic) bond motifs is 1. The topological polar surface area (TPSA) is 57.1 Å². The summed E-state index contributed by atoms with van der Waals surface area (Å²) in [5.74, 6) is 0.886. The number of methoxy groups -OCH3 is 1. The molecular formula is C24H24FN3O2. The Kier molecular flexibility index (Phi) is 5.84. The smallest absolute Gasteiger partial charge is 0.199 e. The third-order valence-corrected chi connectivity index (χ3v) is 5.23. The van der Waals surface area contributed by atoms with E-state index in [9.17, 15) is 9.50 Å². The van der Waals surface area contributed by atoms with Crippen LogP contribution in [0.15, 0.2) is 71.7 Å². The van der Waals surface area contributed by atoms with Crippen LogP contribution in [-0.4, -0.2) is 29.6 Å². The lowest BCUT2D eigenvalue weighted by Crippen LogP contribution is -2.40. The minimum atomic E-state index is -0.427. The van der Waals surface area contributed by atoms with Gasteiger partial charge in [-0.1, -0.05) is 42.5 Å². The first-order chi connectivity index (χ1) is 14.6. The molecule has 0 fully saturated rings. The number of anilines is 1. The van der Waals surface area contributed by atoms with Gasteiger partial charge in [0.1, 0.15) is 17.3 Å². The van der Waals surface area contributed by atoms with E-state index in [4.69, 9.17) is 9.73 Å². The van der Waals surface area contributed by atoms with Crippen LogP contribution in [0.3, 0.4) is 0 Å². The van der Waals surface area contributed by atoms with Gasteiger partial charge in [-0.05, 0) is 35.7 Å². The number of ether oxygens (including phenoxy) is 1. The van der Waals surface area contributed by atoms with Crippen LogP contribution < -0.4 is 10.1 Å². The maximum atomic E-state index is 13.8. The molecule has 1 aliphatic heterocycles. The van der Waals surface area contributed by atoms with Gasteiger partial charge in [0.2, 0.25) is 0 Å². The fraction of sp³-hybridized carbons (Fsp3) is 0.208. The quantitative estimate of drug-likeness (QED) is 0.379. The minimum Gasteiger partial charge on any atom is -0.506 e. The van der Waals surface area contributed by atoms with Crippen molar-refractivity contribution in [3.05, 3.63) is 89.2 Å². The molecule has 0 atom stereocenters. The zero-order valence-electron chi connectivity index (χ0n) is 16.8. The van der Waals surface area contributed by atoms with Gasteiger partial charge in [-0.2, -0.15) is 0 Å². The number of rotatable bonds is 4. The monoisotopic (exact) mass is 405 g/mol. The van der Waals surface area contributed by atoms with Crippen molar-refractivity contribution in [2.75, 3.05) is 19.0 Å². The highest BCUT2D eigenvalue weighted by atomic mass is 19.1. The number of nitrogens with zero attached hydrogens (tertiary/aromatic N) is 2. The van der Waals surface area contributed by atoms with Gasteiger partial charge >= 0.3 is 0 Å². The number of aliphatic imine (C=N–C) groups is 1. The van der Waals surface area contributed by atoms with Gasteiger partial charge in [-0.15, -0.1) is 0 Å². The van der Waals surface area contributed by atoms with E-state index in [0.29, 0.717) is 19.0 Å². The lowest BCUT2D eigenvalue weighted by Gasteiger charge is -2.32. The molecule has 1 heterocycles. The summed E-state index contributed by atoms with van der Waals surface area (Å²) in [7, 11) is 1.63. The maximum Gasteiger partial charge on any atom is 0.199 e. The van der Waals surface area contributed by atoms with Crippen LogP contribution in [0.5, 0.6) is 11.5 Å².